The molecule has 0 aliphatic rings. The first kappa shape index (κ1) is 11.0. The third kappa shape index (κ3) is 2.20. The van der Waals surface area contributed by atoms with E-state index in [9.17, 15) is 0 Å². The molecule has 0 saturated heterocycles. The van der Waals surface area contributed by atoms with Crippen LogP contribution in [0.4, 0.5) is 11.4 Å². The zero-order chi connectivity index (χ0) is 11.5. The number of benzene rings is 2. The van der Waals surface area contributed by atoms with E-state index in [4.69, 9.17) is 11.8 Å². The Bertz CT molecular complexity index is 479. The molecule has 0 bridgehead atoms. The van der Waals surface area contributed by atoms with Gasteiger partial charge in [-0.2, -0.15) is 0 Å². The summed E-state index contributed by atoms with van der Waals surface area (Å²) in [4.78, 5) is 0. The molecule has 0 saturated carbocycles. The Morgan fingerprint density at radius 2 is 1.62 bits per heavy atom. The number of nitrogens with zero attached hydrogens (tertiary/aromatic N) is 1. The van der Waals surface area contributed by atoms with Gasteiger partial charge in [0.1, 0.15) is 0 Å². The summed E-state index contributed by atoms with van der Waals surface area (Å²) in [6, 6.07) is 16.2. The Hall–Kier alpha value is -1.47. The standard InChI is InChI=1S/C14H14ClN/c1-11-8-9-14(12(2)10-11)16(15)13-6-4-3-5-7-13/h3-10H,1-2H3. The van der Waals surface area contributed by atoms with Crippen molar-refractivity contribution in [1.82, 2.24) is 0 Å². The molecule has 0 aliphatic heterocycles. The Kier molecular flexibility index (Phi) is 3.16. The Morgan fingerprint density at radius 1 is 0.938 bits per heavy atom. The lowest BCUT2D eigenvalue weighted by molar-refractivity contribution is 1.32. The van der Waals surface area contributed by atoms with Crippen LogP contribution in [-0.2, 0) is 0 Å². The van der Waals surface area contributed by atoms with Gasteiger partial charge >= 0.3 is 0 Å². The molecule has 2 aromatic carbocycles. The predicted molar refractivity (Wildman–Crippen MR) is 70.4 cm³/mol. The second kappa shape index (κ2) is 4.58. The third-order valence-electron chi connectivity index (χ3n) is 2.55. The molecule has 0 amide bonds. The number of anilines is 2. The molecular weight excluding hydrogens is 218 g/mol. The van der Waals surface area contributed by atoms with E-state index in [0.717, 1.165) is 11.4 Å². The molecule has 82 valence electrons. The number of halogens is 1. The first-order valence-corrected chi connectivity index (χ1v) is 5.60. The van der Waals surface area contributed by atoms with Gasteiger partial charge in [0.15, 0.2) is 0 Å². The highest BCUT2D eigenvalue weighted by Gasteiger charge is 2.08. The minimum absolute atomic E-state index is 0.983. The second-order valence-corrected chi connectivity index (χ2v) is 4.24. The molecule has 0 atom stereocenters. The van der Waals surface area contributed by atoms with Crippen molar-refractivity contribution in [3.63, 3.8) is 0 Å². The van der Waals surface area contributed by atoms with Crippen LogP contribution in [0.2, 0.25) is 0 Å². The molecule has 0 fully saturated rings. The van der Waals surface area contributed by atoms with E-state index >= 15 is 0 Å². The van der Waals surface area contributed by atoms with Crippen molar-refractivity contribution in [3.8, 4) is 0 Å². The van der Waals surface area contributed by atoms with Gasteiger partial charge in [0, 0.05) is 11.8 Å². The SMILES string of the molecule is Cc1ccc(N(Cl)c2ccccc2)c(C)c1. The Balaban J connectivity index is 2.38. The minimum atomic E-state index is 0.983. The maximum absolute atomic E-state index is 6.32. The van der Waals surface area contributed by atoms with Crippen LogP contribution in [0.5, 0.6) is 0 Å². The van der Waals surface area contributed by atoms with Crippen LogP contribution < -0.4 is 4.42 Å². The zero-order valence-electron chi connectivity index (χ0n) is 9.44. The van der Waals surface area contributed by atoms with E-state index < -0.39 is 0 Å². The van der Waals surface area contributed by atoms with Crippen molar-refractivity contribution in [3.05, 3.63) is 59.7 Å². The van der Waals surface area contributed by atoms with Crippen LogP contribution in [0.25, 0.3) is 0 Å². The summed E-state index contributed by atoms with van der Waals surface area (Å²) in [6.07, 6.45) is 0. The molecule has 2 heteroatoms. The van der Waals surface area contributed by atoms with E-state index in [-0.39, 0.29) is 0 Å². The maximum atomic E-state index is 6.32. The Labute approximate surface area is 101 Å². The normalized spacial score (nSPS) is 10.2. The fraction of sp³-hybridized carbons (Fsp3) is 0.143. The van der Waals surface area contributed by atoms with Crippen LogP contribution in [0.3, 0.4) is 0 Å². The van der Waals surface area contributed by atoms with E-state index in [2.05, 4.69) is 26.0 Å². The van der Waals surface area contributed by atoms with Crippen molar-refractivity contribution < 1.29 is 0 Å². The van der Waals surface area contributed by atoms with Gasteiger partial charge in [-0.1, -0.05) is 35.9 Å². The van der Waals surface area contributed by atoms with Crippen LogP contribution in [-0.4, -0.2) is 0 Å². The van der Waals surface area contributed by atoms with Crippen molar-refractivity contribution in [1.29, 1.82) is 0 Å². The summed E-state index contributed by atoms with van der Waals surface area (Å²) in [5, 5.41) is 0. The van der Waals surface area contributed by atoms with Crippen LogP contribution >= 0.6 is 11.8 Å². The molecule has 2 rings (SSSR count). The lowest BCUT2D eigenvalue weighted by Crippen LogP contribution is -2.03. The number of hydrogen-bond donors (Lipinski definition) is 0. The molecule has 0 aliphatic carbocycles. The topological polar surface area (TPSA) is 3.24 Å². The predicted octanol–water partition coefficient (Wildman–Crippen LogP) is 4.60. The average molecular weight is 232 g/mol. The third-order valence-corrected chi connectivity index (χ3v) is 2.92. The van der Waals surface area contributed by atoms with Crippen molar-refractivity contribution in [2.75, 3.05) is 4.42 Å². The molecule has 0 N–H and O–H groups in total. The van der Waals surface area contributed by atoms with Gasteiger partial charge < -0.3 is 0 Å². The van der Waals surface area contributed by atoms with Gasteiger partial charge in [-0.25, -0.2) is 0 Å². The van der Waals surface area contributed by atoms with Gasteiger partial charge in [0.25, 0.3) is 0 Å². The Morgan fingerprint density at radius 3 is 2.25 bits per heavy atom. The fourth-order valence-electron chi connectivity index (χ4n) is 1.72. The fourth-order valence-corrected chi connectivity index (χ4v) is 2.03. The highest BCUT2D eigenvalue weighted by Crippen LogP contribution is 2.30. The smallest absolute Gasteiger partial charge is 0.0610 e. The number of para-hydroxylation sites is 1. The van der Waals surface area contributed by atoms with E-state index in [1.807, 2.05) is 36.4 Å². The highest BCUT2D eigenvalue weighted by atomic mass is 35.5. The molecular formula is C14H14ClN. The van der Waals surface area contributed by atoms with Crippen molar-refractivity contribution in [2.24, 2.45) is 0 Å². The summed E-state index contributed by atoms with van der Waals surface area (Å²) in [6.45, 7) is 4.15. The molecule has 0 aromatic heterocycles. The highest BCUT2D eigenvalue weighted by molar-refractivity contribution is 6.29. The summed E-state index contributed by atoms with van der Waals surface area (Å²) >= 11 is 6.32. The first-order valence-electron chi connectivity index (χ1n) is 5.26. The minimum Gasteiger partial charge on any atom is -0.253 e. The summed E-state index contributed by atoms with van der Waals surface area (Å²) in [5.41, 5.74) is 4.44. The summed E-state index contributed by atoms with van der Waals surface area (Å²) in [5.74, 6) is 0. The number of aryl methyl sites for hydroxylation is 2. The summed E-state index contributed by atoms with van der Waals surface area (Å²) in [7, 11) is 0. The van der Waals surface area contributed by atoms with Gasteiger partial charge in [-0.15, -0.1) is 0 Å². The number of rotatable bonds is 2. The van der Waals surface area contributed by atoms with Crippen LogP contribution in [0.1, 0.15) is 11.1 Å². The van der Waals surface area contributed by atoms with Gasteiger partial charge in [-0.3, -0.25) is 4.42 Å². The van der Waals surface area contributed by atoms with Crippen LogP contribution in [0.15, 0.2) is 48.5 Å². The van der Waals surface area contributed by atoms with Crippen LogP contribution in [0, 0.1) is 13.8 Å². The first-order chi connectivity index (χ1) is 7.68. The zero-order valence-corrected chi connectivity index (χ0v) is 10.2. The summed E-state index contributed by atoms with van der Waals surface area (Å²) < 4.78 is 1.69. The van der Waals surface area contributed by atoms with Gasteiger partial charge in [0.05, 0.1) is 11.4 Å². The van der Waals surface area contributed by atoms with Gasteiger partial charge in [0.2, 0.25) is 0 Å². The van der Waals surface area contributed by atoms with Gasteiger partial charge in [-0.05, 0) is 37.6 Å². The molecule has 16 heavy (non-hydrogen) atoms. The molecule has 0 radical (unpaired) electrons. The largest absolute Gasteiger partial charge is 0.253 e. The maximum Gasteiger partial charge on any atom is 0.0610 e. The van der Waals surface area contributed by atoms with E-state index in [1.54, 1.807) is 4.42 Å². The molecule has 0 spiro atoms. The lowest BCUT2D eigenvalue weighted by Gasteiger charge is -2.18. The monoisotopic (exact) mass is 231 g/mol. The van der Waals surface area contributed by atoms with E-state index in [0.29, 0.717) is 0 Å². The molecule has 1 nitrogen and oxygen atoms in total. The van der Waals surface area contributed by atoms with Crippen molar-refractivity contribution >= 4 is 23.2 Å². The molecule has 2 aromatic rings. The molecule has 0 heterocycles. The lowest BCUT2D eigenvalue weighted by atomic mass is 10.1. The quantitative estimate of drug-likeness (QED) is 0.683. The number of hydrogen-bond acceptors (Lipinski definition) is 1. The molecule has 0 unspecified atom stereocenters. The average Bonchev–Trinajstić information content (AvgIpc) is 2.29. The second-order valence-electron chi connectivity index (χ2n) is 3.91. The van der Waals surface area contributed by atoms with E-state index in [1.165, 1.54) is 11.1 Å². The van der Waals surface area contributed by atoms with Crippen molar-refractivity contribution in [2.45, 2.75) is 13.8 Å².